The smallest absolute Gasteiger partial charge is 0.142 e. The largest absolute Gasteiger partial charge is 0.379 e. The summed E-state index contributed by atoms with van der Waals surface area (Å²) < 4.78 is 21.8. The number of benzene rings is 2. The van der Waals surface area contributed by atoms with Crippen LogP contribution in [0.5, 0.6) is 0 Å². The van der Waals surface area contributed by atoms with E-state index >= 15 is 0 Å². The standard InChI is InChI=1S/C29H31FN4OS/c1-3-26(36-2)34-28(22-12-14-31-15-13-22)27(21-8-10-24(30)11-9-21)32-29(34)25-7-5-4-6-23(25)20-33-16-18-35-19-17-33/h4-15,26H,3,16-20H2,1-2H3. The topological polar surface area (TPSA) is 43.2 Å². The number of imidazole rings is 1. The van der Waals surface area contributed by atoms with Crippen LogP contribution in [0.2, 0.25) is 0 Å². The van der Waals surface area contributed by atoms with Crippen molar-refractivity contribution in [2.45, 2.75) is 25.3 Å². The molecule has 0 radical (unpaired) electrons. The van der Waals surface area contributed by atoms with E-state index in [2.05, 4.69) is 51.9 Å². The third kappa shape index (κ3) is 5.09. The molecule has 3 heterocycles. The minimum atomic E-state index is -0.254. The van der Waals surface area contributed by atoms with Crippen molar-refractivity contribution in [2.75, 3.05) is 32.6 Å². The fraction of sp³-hybridized carbons (Fsp3) is 0.310. The number of morpholine rings is 1. The summed E-state index contributed by atoms with van der Waals surface area (Å²) in [7, 11) is 0. The Balaban J connectivity index is 1.74. The molecule has 186 valence electrons. The summed E-state index contributed by atoms with van der Waals surface area (Å²) in [5.74, 6) is 0.682. The van der Waals surface area contributed by atoms with Crippen LogP contribution in [0.3, 0.4) is 0 Å². The van der Waals surface area contributed by atoms with E-state index < -0.39 is 0 Å². The third-order valence-electron chi connectivity index (χ3n) is 6.65. The van der Waals surface area contributed by atoms with Gasteiger partial charge < -0.3 is 9.30 Å². The van der Waals surface area contributed by atoms with Gasteiger partial charge in [-0.05, 0) is 54.6 Å². The minimum Gasteiger partial charge on any atom is -0.379 e. The minimum absolute atomic E-state index is 0.182. The molecule has 0 bridgehead atoms. The molecule has 1 fully saturated rings. The highest BCUT2D eigenvalue weighted by Crippen LogP contribution is 2.42. The average molecular weight is 503 g/mol. The Kier molecular flexibility index (Phi) is 7.80. The predicted molar refractivity (Wildman–Crippen MR) is 145 cm³/mol. The lowest BCUT2D eigenvalue weighted by molar-refractivity contribution is 0.0342. The molecule has 0 aliphatic carbocycles. The van der Waals surface area contributed by atoms with Gasteiger partial charge in [-0.3, -0.25) is 9.88 Å². The summed E-state index contributed by atoms with van der Waals surface area (Å²) >= 11 is 1.81. The average Bonchev–Trinajstić information content (AvgIpc) is 3.31. The van der Waals surface area contributed by atoms with Gasteiger partial charge in [0, 0.05) is 48.7 Å². The molecule has 4 aromatic rings. The quantitative estimate of drug-likeness (QED) is 0.274. The Hall–Kier alpha value is -3.00. The van der Waals surface area contributed by atoms with Crippen molar-refractivity contribution in [3.8, 4) is 33.9 Å². The van der Waals surface area contributed by atoms with E-state index in [1.54, 1.807) is 0 Å². The predicted octanol–water partition coefficient (Wildman–Crippen LogP) is 6.52. The second-order valence-electron chi connectivity index (χ2n) is 8.89. The highest BCUT2D eigenvalue weighted by molar-refractivity contribution is 7.98. The lowest BCUT2D eigenvalue weighted by Crippen LogP contribution is -2.35. The van der Waals surface area contributed by atoms with E-state index in [4.69, 9.17) is 9.72 Å². The van der Waals surface area contributed by atoms with Crippen molar-refractivity contribution in [3.05, 3.63) is 84.4 Å². The molecule has 1 aliphatic heterocycles. The fourth-order valence-corrected chi connectivity index (χ4v) is 5.58. The Bertz CT molecular complexity index is 1280. The number of hydrogen-bond acceptors (Lipinski definition) is 5. The van der Waals surface area contributed by atoms with E-state index in [0.29, 0.717) is 0 Å². The van der Waals surface area contributed by atoms with Gasteiger partial charge in [0.1, 0.15) is 11.6 Å². The van der Waals surface area contributed by atoms with Crippen molar-refractivity contribution in [1.29, 1.82) is 0 Å². The molecular weight excluding hydrogens is 471 g/mol. The van der Waals surface area contributed by atoms with E-state index in [9.17, 15) is 4.39 Å². The lowest BCUT2D eigenvalue weighted by Gasteiger charge is -2.28. The van der Waals surface area contributed by atoms with Crippen molar-refractivity contribution in [3.63, 3.8) is 0 Å². The van der Waals surface area contributed by atoms with Crippen molar-refractivity contribution < 1.29 is 9.13 Å². The highest BCUT2D eigenvalue weighted by atomic mass is 32.2. The number of thioether (sulfide) groups is 1. The van der Waals surface area contributed by atoms with Gasteiger partial charge in [-0.1, -0.05) is 31.2 Å². The first-order valence-corrected chi connectivity index (χ1v) is 13.7. The number of rotatable bonds is 8. The van der Waals surface area contributed by atoms with Gasteiger partial charge >= 0.3 is 0 Å². The molecule has 0 amide bonds. The van der Waals surface area contributed by atoms with Gasteiger partial charge in [0.25, 0.3) is 0 Å². The molecule has 0 saturated carbocycles. The first kappa shape index (κ1) is 24.7. The SMILES string of the molecule is CCC(SC)n1c(-c2ccccc2CN2CCOCC2)nc(-c2ccc(F)cc2)c1-c1ccncc1. The van der Waals surface area contributed by atoms with Gasteiger partial charge in [0.05, 0.1) is 30.0 Å². The summed E-state index contributed by atoms with van der Waals surface area (Å²) in [6.07, 6.45) is 6.71. The normalized spacial score (nSPS) is 15.2. The van der Waals surface area contributed by atoms with Crippen LogP contribution in [0, 0.1) is 5.82 Å². The van der Waals surface area contributed by atoms with E-state index in [1.807, 2.05) is 48.4 Å². The zero-order valence-corrected chi connectivity index (χ0v) is 21.5. The van der Waals surface area contributed by atoms with Crippen LogP contribution in [-0.2, 0) is 11.3 Å². The molecule has 5 rings (SSSR count). The number of nitrogens with zero attached hydrogens (tertiary/aromatic N) is 4. The van der Waals surface area contributed by atoms with E-state index in [-0.39, 0.29) is 11.2 Å². The maximum Gasteiger partial charge on any atom is 0.142 e. The van der Waals surface area contributed by atoms with Crippen LogP contribution in [0.15, 0.2) is 73.1 Å². The summed E-state index contributed by atoms with van der Waals surface area (Å²) in [6.45, 7) is 6.43. The maximum absolute atomic E-state index is 13.8. The second kappa shape index (κ2) is 11.4. The molecule has 2 aromatic heterocycles. The Morgan fingerprint density at radius 1 is 0.972 bits per heavy atom. The molecule has 0 spiro atoms. The van der Waals surface area contributed by atoms with Crippen LogP contribution < -0.4 is 0 Å². The highest BCUT2D eigenvalue weighted by Gasteiger charge is 2.26. The van der Waals surface area contributed by atoms with E-state index in [0.717, 1.165) is 73.2 Å². The summed E-state index contributed by atoms with van der Waals surface area (Å²) in [6, 6.07) is 19.2. The molecule has 1 saturated heterocycles. The van der Waals surface area contributed by atoms with Crippen LogP contribution in [0.4, 0.5) is 4.39 Å². The Morgan fingerprint density at radius 2 is 1.69 bits per heavy atom. The van der Waals surface area contributed by atoms with E-state index in [1.165, 1.54) is 17.7 Å². The van der Waals surface area contributed by atoms with Crippen LogP contribution >= 0.6 is 11.8 Å². The Labute approximate surface area is 216 Å². The molecule has 5 nitrogen and oxygen atoms in total. The number of hydrogen-bond donors (Lipinski definition) is 0. The maximum atomic E-state index is 13.8. The zero-order chi connectivity index (χ0) is 24.9. The van der Waals surface area contributed by atoms with Gasteiger partial charge in [-0.2, -0.15) is 0 Å². The third-order valence-corrected chi connectivity index (χ3v) is 7.74. The first-order valence-electron chi connectivity index (χ1n) is 12.4. The number of aromatic nitrogens is 3. The monoisotopic (exact) mass is 502 g/mol. The second-order valence-corrected chi connectivity index (χ2v) is 9.91. The summed E-state index contributed by atoms with van der Waals surface area (Å²) in [5.41, 5.74) is 6.19. The molecule has 7 heteroatoms. The fourth-order valence-electron chi connectivity index (χ4n) is 4.83. The molecule has 0 N–H and O–H groups in total. The first-order chi connectivity index (χ1) is 17.7. The number of halogens is 1. The number of ether oxygens (including phenoxy) is 1. The molecular formula is C29H31FN4OS. The molecule has 1 unspecified atom stereocenters. The van der Waals surface area contributed by atoms with Crippen molar-refractivity contribution in [1.82, 2.24) is 19.4 Å². The van der Waals surface area contributed by atoms with Crippen LogP contribution in [0.1, 0.15) is 24.3 Å². The van der Waals surface area contributed by atoms with Crippen LogP contribution in [0.25, 0.3) is 33.9 Å². The van der Waals surface area contributed by atoms with Gasteiger partial charge in [-0.25, -0.2) is 9.37 Å². The Morgan fingerprint density at radius 3 is 2.39 bits per heavy atom. The molecule has 1 atom stereocenters. The van der Waals surface area contributed by atoms with Gasteiger partial charge in [0.2, 0.25) is 0 Å². The molecule has 1 aliphatic rings. The van der Waals surface area contributed by atoms with Crippen molar-refractivity contribution in [2.24, 2.45) is 0 Å². The zero-order valence-electron chi connectivity index (χ0n) is 20.7. The van der Waals surface area contributed by atoms with Gasteiger partial charge in [0.15, 0.2) is 0 Å². The summed E-state index contributed by atoms with van der Waals surface area (Å²) in [5, 5.41) is 0.182. The lowest BCUT2D eigenvalue weighted by atomic mass is 10.1. The van der Waals surface area contributed by atoms with Crippen LogP contribution in [-0.4, -0.2) is 52.0 Å². The van der Waals surface area contributed by atoms with Gasteiger partial charge in [-0.15, -0.1) is 11.8 Å². The summed E-state index contributed by atoms with van der Waals surface area (Å²) in [4.78, 5) is 12.0. The van der Waals surface area contributed by atoms with Crippen molar-refractivity contribution >= 4 is 11.8 Å². The molecule has 2 aromatic carbocycles. The number of pyridine rings is 1. The molecule has 36 heavy (non-hydrogen) atoms.